The maximum Gasteiger partial charge on any atom is 0.678 e. The molecule has 0 aliphatic heterocycles. The van der Waals surface area contributed by atoms with E-state index < -0.39 is 7.40 Å². The number of benzene rings is 4. The quantitative estimate of drug-likeness (QED) is 0.207. The average Bonchev–Trinajstić information content (AvgIpc) is 2.89. The van der Waals surface area contributed by atoms with Crippen LogP contribution in [0.2, 0.25) is 0 Å². The molecule has 0 saturated heterocycles. The molecule has 0 heterocycles. The molecule has 3 nitrogen and oxygen atoms in total. The van der Waals surface area contributed by atoms with Gasteiger partial charge in [0.05, 0.1) is 18.5 Å². The summed E-state index contributed by atoms with van der Waals surface area (Å²) in [7, 11) is -1.16. The summed E-state index contributed by atoms with van der Waals surface area (Å²) in [5, 5.41) is 0. The number of hydrogen-bond donors (Lipinski definition) is 0. The van der Waals surface area contributed by atoms with Gasteiger partial charge in [0, 0.05) is 16.9 Å². The number of halogens is 2. The van der Waals surface area contributed by atoms with Crippen LogP contribution < -0.4 is 9.55 Å². The molecule has 6 heteroatoms. The Morgan fingerprint density at radius 3 is 1.79 bits per heavy atom. The van der Waals surface area contributed by atoms with E-state index in [4.69, 9.17) is 9.73 Å². The van der Waals surface area contributed by atoms with E-state index >= 15 is 0 Å². The van der Waals surface area contributed by atoms with Crippen LogP contribution in [0.4, 0.5) is 20.0 Å². The van der Waals surface area contributed by atoms with Crippen molar-refractivity contribution in [3.63, 3.8) is 0 Å². The van der Waals surface area contributed by atoms with Crippen LogP contribution in [0.3, 0.4) is 0 Å². The number of nitrogens with zero attached hydrogens (tertiary/aromatic N) is 2. The maximum atomic E-state index is 14.5. The van der Waals surface area contributed by atoms with Crippen molar-refractivity contribution in [2.45, 2.75) is 0 Å². The van der Waals surface area contributed by atoms with E-state index in [2.05, 4.69) is 0 Å². The van der Waals surface area contributed by atoms with E-state index in [1.807, 2.05) is 84.9 Å². The van der Waals surface area contributed by atoms with Crippen LogP contribution in [0.5, 0.6) is 5.75 Å². The third-order valence-corrected chi connectivity index (χ3v) is 5.22. The molecular formula is C28H23BF2N2O. The van der Waals surface area contributed by atoms with Gasteiger partial charge in [-0.25, -0.2) is 4.99 Å². The Kier molecular flexibility index (Phi) is 7.51. The SMILES string of the molecule is COc1ccc(N=C(/C=C(\c2ccccc2)N(B(F)F)c2ccccc2)c2ccccc2)cc1. The van der Waals surface area contributed by atoms with Gasteiger partial charge in [0.25, 0.3) is 0 Å². The maximum absolute atomic E-state index is 14.5. The highest BCUT2D eigenvalue weighted by atomic mass is 19.2. The Hall–Kier alpha value is -4.19. The summed E-state index contributed by atoms with van der Waals surface area (Å²) < 4.78 is 34.3. The van der Waals surface area contributed by atoms with Gasteiger partial charge in [0.2, 0.25) is 0 Å². The molecule has 0 spiro atoms. The van der Waals surface area contributed by atoms with E-state index in [-0.39, 0.29) is 0 Å². The van der Waals surface area contributed by atoms with Crippen molar-refractivity contribution >= 4 is 30.2 Å². The number of ether oxygens (including phenoxy) is 1. The molecule has 0 aliphatic carbocycles. The van der Waals surface area contributed by atoms with Crippen LogP contribution in [0.25, 0.3) is 5.70 Å². The van der Waals surface area contributed by atoms with Crippen molar-refractivity contribution in [2.75, 3.05) is 11.9 Å². The lowest BCUT2D eigenvalue weighted by Crippen LogP contribution is -2.32. The Balaban J connectivity index is 1.92. The van der Waals surface area contributed by atoms with E-state index in [1.165, 1.54) is 0 Å². The largest absolute Gasteiger partial charge is 0.678 e. The molecule has 0 aliphatic rings. The lowest BCUT2D eigenvalue weighted by atomic mass is 9.99. The number of aliphatic imine (C=N–C) groups is 1. The van der Waals surface area contributed by atoms with Crippen LogP contribution in [0, 0.1) is 0 Å². The molecule has 0 atom stereocenters. The van der Waals surface area contributed by atoms with Gasteiger partial charge in [-0.1, -0.05) is 78.9 Å². The molecular weight excluding hydrogens is 429 g/mol. The molecule has 0 N–H and O–H groups in total. The van der Waals surface area contributed by atoms with Crippen molar-refractivity contribution in [2.24, 2.45) is 4.99 Å². The van der Waals surface area contributed by atoms with Crippen LogP contribution in [-0.4, -0.2) is 20.2 Å². The van der Waals surface area contributed by atoms with Crippen LogP contribution in [0.15, 0.2) is 126 Å². The second-order valence-corrected chi connectivity index (χ2v) is 7.44. The second-order valence-electron chi connectivity index (χ2n) is 7.44. The number of para-hydroxylation sites is 1. The van der Waals surface area contributed by atoms with Gasteiger partial charge in [-0.05, 0) is 48.0 Å². The van der Waals surface area contributed by atoms with Gasteiger partial charge in [-0.2, -0.15) is 0 Å². The molecule has 0 bridgehead atoms. The third-order valence-electron chi connectivity index (χ3n) is 5.22. The topological polar surface area (TPSA) is 24.8 Å². The first-order valence-corrected chi connectivity index (χ1v) is 10.8. The Morgan fingerprint density at radius 1 is 0.735 bits per heavy atom. The summed E-state index contributed by atoms with van der Waals surface area (Å²) in [6.07, 6.45) is 1.72. The first kappa shape index (κ1) is 23.0. The molecule has 168 valence electrons. The minimum absolute atomic E-state index is 0.345. The van der Waals surface area contributed by atoms with Crippen molar-refractivity contribution in [3.8, 4) is 5.75 Å². The zero-order valence-electron chi connectivity index (χ0n) is 18.7. The standard InChI is InChI=1S/C28H23BF2N2O/c1-34-26-19-17-24(18-20-26)32-27(22-11-5-2-6-12-22)21-28(23-13-7-3-8-14-23)33(29(30)31)25-15-9-4-10-16-25/h2-21H,1H3/b28-21+,32-27?. The molecule has 0 saturated carbocycles. The minimum Gasteiger partial charge on any atom is -0.497 e. The Labute approximate surface area is 198 Å². The summed E-state index contributed by atoms with van der Waals surface area (Å²) in [5.74, 6) is 0.716. The van der Waals surface area contributed by atoms with Crippen LogP contribution in [-0.2, 0) is 0 Å². The smallest absolute Gasteiger partial charge is 0.497 e. The van der Waals surface area contributed by atoms with Gasteiger partial charge in [0.15, 0.2) is 0 Å². The fraction of sp³-hybridized carbons (Fsp3) is 0.0357. The van der Waals surface area contributed by atoms with E-state index in [9.17, 15) is 8.63 Å². The van der Waals surface area contributed by atoms with E-state index in [0.717, 1.165) is 10.4 Å². The molecule has 0 radical (unpaired) electrons. The highest BCUT2D eigenvalue weighted by Gasteiger charge is 2.30. The van der Waals surface area contributed by atoms with Gasteiger partial charge >= 0.3 is 7.40 Å². The summed E-state index contributed by atoms with van der Waals surface area (Å²) in [6, 6.07) is 34.6. The molecule has 0 amide bonds. The Morgan fingerprint density at radius 2 is 1.26 bits per heavy atom. The normalized spacial score (nSPS) is 11.7. The first-order valence-electron chi connectivity index (χ1n) is 10.8. The zero-order valence-corrected chi connectivity index (χ0v) is 18.7. The van der Waals surface area contributed by atoms with Gasteiger partial charge in [-0.15, -0.1) is 0 Å². The van der Waals surface area contributed by atoms with E-state index in [0.29, 0.717) is 34.1 Å². The Bertz CT molecular complexity index is 1250. The number of anilines is 1. The average molecular weight is 452 g/mol. The fourth-order valence-electron chi connectivity index (χ4n) is 3.56. The third kappa shape index (κ3) is 5.59. The van der Waals surface area contributed by atoms with Gasteiger partial charge in [-0.3, -0.25) is 8.63 Å². The molecule has 4 rings (SSSR count). The van der Waals surface area contributed by atoms with Crippen molar-refractivity contribution < 1.29 is 13.4 Å². The van der Waals surface area contributed by atoms with Crippen molar-refractivity contribution in [1.82, 2.24) is 0 Å². The summed E-state index contributed by atoms with van der Waals surface area (Å²) in [5.41, 5.74) is 3.46. The number of rotatable bonds is 8. The summed E-state index contributed by atoms with van der Waals surface area (Å²) in [6.45, 7) is 0. The number of methoxy groups -OCH3 is 1. The molecule has 0 unspecified atom stereocenters. The summed E-state index contributed by atoms with van der Waals surface area (Å²) >= 11 is 0. The van der Waals surface area contributed by atoms with Crippen molar-refractivity contribution in [1.29, 1.82) is 0 Å². The molecule has 0 fully saturated rings. The predicted octanol–water partition coefficient (Wildman–Crippen LogP) is 7.29. The van der Waals surface area contributed by atoms with Crippen LogP contribution >= 0.6 is 0 Å². The highest BCUT2D eigenvalue weighted by molar-refractivity contribution is 6.52. The van der Waals surface area contributed by atoms with Gasteiger partial charge in [0.1, 0.15) is 5.75 Å². The predicted molar refractivity (Wildman–Crippen MR) is 137 cm³/mol. The summed E-state index contributed by atoms with van der Waals surface area (Å²) in [4.78, 5) is 5.85. The molecule has 0 aromatic heterocycles. The molecule has 4 aromatic carbocycles. The highest BCUT2D eigenvalue weighted by Crippen LogP contribution is 2.30. The molecule has 34 heavy (non-hydrogen) atoms. The zero-order chi connectivity index (χ0) is 23.8. The lowest BCUT2D eigenvalue weighted by molar-refractivity contribution is 0.415. The monoisotopic (exact) mass is 452 g/mol. The second kappa shape index (κ2) is 11.1. The van der Waals surface area contributed by atoms with Crippen LogP contribution in [0.1, 0.15) is 11.1 Å². The van der Waals surface area contributed by atoms with Gasteiger partial charge < -0.3 is 9.55 Å². The minimum atomic E-state index is -2.76. The number of allylic oxidation sites excluding steroid dienone is 1. The first-order chi connectivity index (χ1) is 16.7. The molecule has 4 aromatic rings. The number of hydrogen-bond acceptors (Lipinski definition) is 3. The fourth-order valence-corrected chi connectivity index (χ4v) is 3.56. The van der Waals surface area contributed by atoms with E-state index in [1.54, 1.807) is 43.5 Å². The lowest BCUT2D eigenvalue weighted by Gasteiger charge is -2.26. The van der Waals surface area contributed by atoms with Crippen molar-refractivity contribution in [3.05, 3.63) is 132 Å².